The van der Waals surface area contributed by atoms with E-state index in [1.807, 2.05) is 0 Å². The Morgan fingerprint density at radius 1 is 1.08 bits per heavy atom. The largest absolute Gasteiger partial charge is 0.0853 e. The third-order valence-electron chi connectivity index (χ3n) is 2.99. The summed E-state index contributed by atoms with van der Waals surface area (Å²) in [5.41, 5.74) is 1.75. The summed E-state index contributed by atoms with van der Waals surface area (Å²) in [5.74, 6) is 0. The SMILES string of the molecule is CCCC/C1=C/CCCCCCC1. The molecule has 0 aliphatic heterocycles. The molecule has 1 aliphatic carbocycles. The summed E-state index contributed by atoms with van der Waals surface area (Å²) in [4.78, 5) is 0. The molecule has 0 radical (unpaired) electrons. The summed E-state index contributed by atoms with van der Waals surface area (Å²) in [6, 6.07) is 0. The molecule has 13 heavy (non-hydrogen) atoms. The first kappa shape index (κ1) is 10.8. The Morgan fingerprint density at radius 2 is 1.85 bits per heavy atom. The van der Waals surface area contributed by atoms with Crippen LogP contribution in [0.1, 0.15) is 71.1 Å². The molecule has 0 fully saturated rings. The van der Waals surface area contributed by atoms with Crippen molar-refractivity contribution in [2.24, 2.45) is 0 Å². The molecule has 0 aromatic carbocycles. The molecule has 0 heterocycles. The molecular weight excluding hydrogens is 156 g/mol. The number of rotatable bonds is 3. The first-order valence-electron chi connectivity index (χ1n) is 6.11. The van der Waals surface area contributed by atoms with Crippen LogP contribution in [0.3, 0.4) is 0 Å². The fourth-order valence-corrected chi connectivity index (χ4v) is 2.07. The van der Waals surface area contributed by atoms with E-state index in [9.17, 15) is 0 Å². The van der Waals surface area contributed by atoms with E-state index in [0.717, 1.165) is 0 Å². The van der Waals surface area contributed by atoms with Crippen molar-refractivity contribution < 1.29 is 0 Å². The maximum atomic E-state index is 2.53. The highest BCUT2D eigenvalue weighted by Crippen LogP contribution is 2.20. The van der Waals surface area contributed by atoms with Crippen molar-refractivity contribution in [3.63, 3.8) is 0 Å². The van der Waals surface area contributed by atoms with Gasteiger partial charge in [0.2, 0.25) is 0 Å². The van der Waals surface area contributed by atoms with Crippen molar-refractivity contribution in [2.75, 3.05) is 0 Å². The van der Waals surface area contributed by atoms with Gasteiger partial charge in [0.1, 0.15) is 0 Å². The van der Waals surface area contributed by atoms with E-state index < -0.39 is 0 Å². The van der Waals surface area contributed by atoms with Crippen LogP contribution in [-0.4, -0.2) is 0 Å². The van der Waals surface area contributed by atoms with Crippen molar-refractivity contribution in [3.05, 3.63) is 11.6 Å². The standard InChI is InChI=1S/C13H24/c1-2-3-10-13-11-8-6-4-5-7-9-12-13/h11H,2-10,12H2,1H3/b13-11-. The van der Waals surface area contributed by atoms with Gasteiger partial charge in [-0.1, -0.05) is 44.3 Å². The molecule has 0 saturated heterocycles. The summed E-state index contributed by atoms with van der Waals surface area (Å²) in [6.45, 7) is 2.29. The second-order valence-corrected chi connectivity index (χ2v) is 4.27. The first-order valence-corrected chi connectivity index (χ1v) is 6.11. The van der Waals surface area contributed by atoms with Crippen LogP contribution in [0.25, 0.3) is 0 Å². The van der Waals surface area contributed by atoms with Crippen LogP contribution in [0.5, 0.6) is 0 Å². The van der Waals surface area contributed by atoms with E-state index in [2.05, 4.69) is 13.0 Å². The van der Waals surface area contributed by atoms with Crippen molar-refractivity contribution in [3.8, 4) is 0 Å². The molecule has 0 N–H and O–H groups in total. The molecule has 0 spiro atoms. The number of hydrogen-bond acceptors (Lipinski definition) is 0. The van der Waals surface area contributed by atoms with E-state index in [0.29, 0.717) is 0 Å². The van der Waals surface area contributed by atoms with E-state index in [4.69, 9.17) is 0 Å². The predicted molar refractivity (Wildman–Crippen MR) is 59.9 cm³/mol. The number of allylic oxidation sites excluding steroid dienone is 2. The van der Waals surface area contributed by atoms with Crippen molar-refractivity contribution in [2.45, 2.75) is 71.1 Å². The van der Waals surface area contributed by atoms with E-state index in [1.165, 1.54) is 64.2 Å². The van der Waals surface area contributed by atoms with E-state index in [1.54, 1.807) is 5.57 Å². The highest BCUT2D eigenvalue weighted by atomic mass is 14.1. The van der Waals surface area contributed by atoms with Gasteiger partial charge in [-0.2, -0.15) is 0 Å². The lowest BCUT2D eigenvalue weighted by molar-refractivity contribution is 0.623. The highest BCUT2D eigenvalue weighted by molar-refractivity contribution is 5.02. The molecule has 0 aromatic rings. The quantitative estimate of drug-likeness (QED) is 0.545. The van der Waals surface area contributed by atoms with Gasteiger partial charge in [-0.25, -0.2) is 0 Å². The molecular formula is C13H24. The lowest BCUT2D eigenvalue weighted by atomic mass is 10.0. The predicted octanol–water partition coefficient (Wildman–Crippen LogP) is 4.85. The Labute approximate surface area is 83.4 Å². The second-order valence-electron chi connectivity index (χ2n) is 4.27. The molecule has 0 nitrogen and oxygen atoms in total. The molecule has 0 heteroatoms. The molecule has 0 bridgehead atoms. The summed E-state index contributed by atoms with van der Waals surface area (Å²) >= 11 is 0. The Balaban J connectivity index is 2.28. The van der Waals surface area contributed by atoms with Crippen LogP contribution in [0.2, 0.25) is 0 Å². The Morgan fingerprint density at radius 3 is 2.69 bits per heavy atom. The van der Waals surface area contributed by atoms with Gasteiger partial charge in [0.05, 0.1) is 0 Å². The van der Waals surface area contributed by atoms with Crippen molar-refractivity contribution in [1.29, 1.82) is 0 Å². The lowest BCUT2D eigenvalue weighted by Gasteiger charge is -2.05. The average Bonchev–Trinajstić information content (AvgIpc) is 2.28. The number of unbranched alkanes of at least 4 members (excludes halogenated alkanes) is 1. The van der Waals surface area contributed by atoms with E-state index >= 15 is 0 Å². The molecule has 76 valence electrons. The maximum Gasteiger partial charge on any atom is -0.0320 e. The molecule has 0 unspecified atom stereocenters. The maximum absolute atomic E-state index is 2.53. The Hall–Kier alpha value is -0.260. The minimum absolute atomic E-state index is 1.34. The fraction of sp³-hybridized carbons (Fsp3) is 0.846. The van der Waals surface area contributed by atoms with Gasteiger partial charge in [-0.15, -0.1) is 0 Å². The highest BCUT2D eigenvalue weighted by Gasteiger charge is 2.00. The van der Waals surface area contributed by atoms with Gasteiger partial charge in [-0.05, 0) is 38.5 Å². The molecule has 1 rings (SSSR count). The molecule has 0 aromatic heterocycles. The minimum atomic E-state index is 1.34. The van der Waals surface area contributed by atoms with Gasteiger partial charge < -0.3 is 0 Å². The average molecular weight is 180 g/mol. The van der Waals surface area contributed by atoms with Crippen LogP contribution >= 0.6 is 0 Å². The van der Waals surface area contributed by atoms with Crippen LogP contribution in [0, 0.1) is 0 Å². The summed E-state index contributed by atoms with van der Waals surface area (Å²) in [5, 5.41) is 0. The molecule has 0 amide bonds. The van der Waals surface area contributed by atoms with Gasteiger partial charge in [0.15, 0.2) is 0 Å². The first-order chi connectivity index (χ1) is 6.43. The normalized spacial score (nSPS) is 23.9. The number of hydrogen-bond donors (Lipinski definition) is 0. The summed E-state index contributed by atoms with van der Waals surface area (Å²) < 4.78 is 0. The second kappa shape index (κ2) is 7.17. The zero-order valence-electron chi connectivity index (χ0n) is 9.15. The van der Waals surface area contributed by atoms with Gasteiger partial charge in [-0.3, -0.25) is 0 Å². The van der Waals surface area contributed by atoms with E-state index in [-0.39, 0.29) is 0 Å². The fourth-order valence-electron chi connectivity index (χ4n) is 2.07. The van der Waals surface area contributed by atoms with Crippen LogP contribution < -0.4 is 0 Å². The van der Waals surface area contributed by atoms with Gasteiger partial charge in [0, 0.05) is 0 Å². The summed E-state index contributed by atoms with van der Waals surface area (Å²) in [6.07, 6.45) is 16.6. The molecule has 0 saturated carbocycles. The molecule has 0 atom stereocenters. The molecule has 1 aliphatic rings. The summed E-state index contributed by atoms with van der Waals surface area (Å²) in [7, 11) is 0. The third kappa shape index (κ3) is 5.13. The lowest BCUT2D eigenvalue weighted by Crippen LogP contribution is -1.85. The zero-order chi connectivity index (χ0) is 9.36. The van der Waals surface area contributed by atoms with Gasteiger partial charge >= 0.3 is 0 Å². The van der Waals surface area contributed by atoms with Crippen molar-refractivity contribution >= 4 is 0 Å². The zero-order valence-corrected chi connectivity index (χ0v) is 9.15. The smallest absolute Gasteiger partial charge is 0.0320 e. The minimum Gasteiger partial charge on any atom is -0.0853 e. The monoisotopic (exact) mass is 180 g/mol. The Bertz CT molecular complexity index is 144. The Kier molecular flexibility index (Phi) is 5.97. The van der Waals surface area contributed by atoms with Crippen LogP contribution in [-0.2, 0) is 0 Å². The third-order valence-corrected chi connectivity index (χ3v) is 2.99. The van der Waals surface area contributed by atoms with Crippen LogP contribution in [0.4, 0.5) is 0 Å². The van der Waals surface area contributed by atoms with Crippen molar-refractivity contribution in [1.82, 2.24) is 0 Å². The van der Waals surface area contributed by atoms with Crippen LogP contribution in [0.15, 0.2) is 11.6 Å². The topological polar surface area (TPSA) is 0 Å². The van der Waals surface area contributed by atoms with Gasteiger partial charge in [0.25, 0.3) is 0 Å².